The van der Waals surface area contributed by atoms with Crippen molar-refractivity contribution in [1.29, 1.82) is 0 Å². The first kappa shape index (κ1) is 52.4. The lowest BCUT2D eigenvalue weighted by Crippen LogP contribution is -2.57. The number of nitrogens with zero attached hydrogens (tertiary/aromatic N) is 2. The van der Waals surface area contributed by atoms with Gasteiger partial charge in [-0.2, -0.15) is 0 Å². The number of carbonyl (C=O) groups excluding carboxylic acids is 2. The van der Waals surface area contributed by atoms with Crippen LogP contribution >= 0.6 is 71.2 Å². The number of rotatable bonds is 19. The van der Waals surface area contributed by atoms with Crippen molar-refractivity contribution in [2.45, 2.75) is 37.0 Å². The summed E-state index contributed by atoms with van der Waals surface area (Å²) in [5, 5.41) is 11.0. The standard InChI is InChI=1S/C42H56N6O4S2.4ClH/c1-51-17-11-29-19-31-7-3-5-9-35(31)37(21-29)41(49)39-23-45-13-15-47(39)25-33(43)27-53-54-28-34(44)26-48-16-14-46-24-40(48)42(50)38-22-30(12-18-52-2)20-32-8-4-6-10-36(32)38;;;;/h3-10,19-22,33-34,39-40,45-46H,11-18,23-28,43-44H2,1-2H3;4*1H/t33?,34?,39-,40-;;;;/m1..../s1. The highest BCUT2D eigenvalue weighted by Crippen LogP contribution is 2.28. The van der Waals surface area contributed by atoms with E-state index in [4.69, 9.17) is 20.9 Å². The first-order chi connectivity index (χ1) is 26.4. The normalized spacial score (nSPS) is 18.3. The summed E-state index contributed by atoms with van der Waals surface area (Å²) in [7, 11) is 6.87. The van der Waals surface area contributed by atoms with Crippen molar-refractivity contribution in [3.05, 3.63) is 95.1 Å². The van der Waals surface area contributed by atoms with E-state index >= 15 is 0 Å². The van der Waals surface area contributed by atoms with Crippen LogP contribution in [0, 0.1) is 0 Å². The first-order valence-electron chi connectivity index (χ1n) is 19.1. The largest absolute Gasteiger partial charge is 0.384 e. The van der Waals surface area contributed by atoms with Gasteiger partial charge in [-0.15, -0.1) is 49.6 Å². The Hall–Kier alpha value is -1.72. The van der Waals surface area contributed by atoms with Gasteiger partial charge in [0, 0.05) is 101 Å². The van der Waals surface area contributed by atoms with Gasteiger partial charge < -0.3 is 31.6 Å². The summed E-state index contributed by atoms with van der Waals surface area (Å²) in [5.41, 5.74) is 17.2. The molecule has 0 spiro atoms. The molecule has 2 aliphatic heterocycles. The summed E-state index contributed by atoms with van der Waals surface area (Å²) in [6.07, 6.45) is 1.51. The van der Waals surface area contributed by atoms with Gasteiger partial charge in [0.15, 0.2) is 11.6 Å². The van der Waals surface area contributed by atoms with Gasteiger partial charge in [0.05, 0.1) is 25.3 Å². The highest BCUT2D eigenvalue weighted by molar-refractivity contribution is 8.76. The van der Waals surface area contributed by atoms with E-state index in [9.17, 15) is 9.59 Å². The Bertz CT molecular complexity index is 1750. The zero-order chi connectivity index (χ0) is 37.9. The van der Waals surface area contributed by atoms with E-state index in [0.717, 1.165) is 94.3 Å². The predicted octanol–water partition coefficient (Wildman–Crippen LogP) is 5.71. The van der Waals surface area contributed by atoms with Crippen LogP contribution in [-0.2, 0) is 22.3 Å². The Morgan fingerprint density at radius 1 is 0.672 bits per heavy atom. The van der Waals surface area contributed by atoms with Crippen molar-refractivity contribution in [3.63, 3.8) is 0 Å². The molecule has 4 atom stereocenters. The van der Waals surface area contributed by atoms with Crippen molar-refractivity contribution >= 4 is 104 Å². The van der Waals surface area contributed by atoms with Crippen molar-refractivity contribution < 1.29 is 19.1 Å². The van der Waals surface area contributed by atoms with Crippen LogP contribution in [0.5, 0.6) is 0 Å². The molecule has 322 valence electrons. The van der Waals surface area contributed by atoms with Crippen LogP contribution in [0.25, 0.3) is 21.5 Å². The van der Waals surface area contributed by atoms with Crippen LogP contribution in [0.1, 0.15) is 31.8 Å². The molecule has 0 aromatic heterocycles. The van der Waals surface area contributed by atoms with E-state index in [0.29, 0.717) is 39.4 Å². The summed E-state index contributed by atoms with van der Waals surface area (Å²) in [4.78, 5) is 32.9. The Kier molecular flexibility index (Phi) is 24.0. The Labute approximate surface area is 376 Å². The van der Waals surface area contributed by atoms with Crippen LogP contribution in [0.15, 0.2) is 72.8 Å². The highest BCUT2D eigenvalue weighted by atomic mass is 35.5. The lowest BCUT2D eigenvalue weighted by atomic mass is 9.93. The minimum Gasteiger partial charge on any atom is -0.384 e. The van der Waals surface area contributed by atoms with Gasteiger partial charge in [0.1, 0.15) is 0 Å². The third kappa shape index (κ3) is 13.9. The maximum Gasteiger partial charge on any atom is 0.181 e. The smallest absolute Gasteiger partial charge is 0.181 e. The quantitative estimate of drug-likeness (QED) is 0.0522. The van der Waals surface area contributed by atoms with Crippen molar-refractivity contribution in [2.75, 3.05) is 91.3 Å². The molecule has 6 N–H and O–H groups in total. The van der Waals surface area contributed by atoms with E-state index in [1.54, 1.807) is 35.8 Å². The van der Waals surface area contributed by atoms with Crippen molar-refractivity contribution in [1.82, 2.24) is 20.4 Å². The Morgan fingerprint density at radius 2 is 1.07 bits per heavy atom. The van der Waals surface area contributed by atoms with Crippen LogP contribution in [0.3, 0.4) is 0 Å². The number of hydrogen-bond acceptors (Lipinski definition) is 12. The third-order valence-corrected chi connectivity index (χ3v) is 13.1. The lowest BCUT2D eigenvalue weighted by Gasteiger charge is -2.37. The van der Waals surface area contributed by atoms with E-state index < -0.39 is 0 Å². The summed E-state index contributed by atoms with van der Waals surface area (Å²) in [6, 6.07) is 23.9. The van der Waals surface area contributed by atoms with E-state index in [1.807, 2.05) is 36.4 Å². The number of piperazine rings is 2. The molecule has 10 nitrogen and oxygen atoms in total. The number of carbonyl (C=O) groups is 2. The van der Waals surface area contributed by atoms with Gasteiger partial charge in [0.25, 0.3) is 0 Å². The molecule has 0 bridgehead atoms. The highest BCUT2D eigenvalue weighted by Gasteiger charge is 2.33. The molecule has 2 fully saturated rings. The SMILES string of the molecule is COCCc1cc(C(=O)[C@H]2CNCCN2CC(N)CSSCC(N)CN2CCNC[C@@H]2C(=O)c2cc(CCOC)cc3ccccc23)c2ccccc2c1.Cl.Cl.Cl.Cl. The fourth-order valence-corrected chi connectivity index (χ4v) is 10.0. The number of halogens is 4. The maximum atomic E-state index is 14.2. The monoisotopic (exact) mass is 916 g/mol. The van der Waals surface area contributed by atoms with Gasteiger partial charge in [-0.1, -0.05) is 82.3 Å². The topological polar surface area (TPSA) is 135 Å². The van der Waals surface area contributed by atoms with Crippen LogP contribution in [0.2, 0.25) is 0 Å². The van der Waals surface area contributed by atoms with Gasteiger partial charge in [-0.3, -0.25) is 19.4 Å². The molecule has 0 amide bonds. The molecular weight excluding hydrogens is 858 g/mol. The molecule has 58 heavy (non-hydrogen) atoms. The number of fused-ring (bicyclic) bond motifs is 2. The van der Waals surface area contributed by atoms with Crippen LogP contribution < -0.4 is 22.1 Å². The lowest BCUT2D eigenvalue weighted by molar-refractivity contribution is 0.0761. The van der Waals surface area contributed by atoms with E-state index in [-0.39, 0.29) is 85.4 Å². The van der Waals surface area contributed by atoms with Crippen molar-refractivity contribution in [2.24, 2.45) is 11.5 Å². The molecule has 4 aromatic rings. The fraction of sp³-hybridized carbons (Fsp3) is 0.476. The molecule has 6 rings (SSSR count). The number of methoxy groups -OCH3 is 2. The summed E-state index contributed by atoms with van der Waals surface area (Å²) < 4.78 is 10.7. The fourth-order valence-electron chi connectivity index (χ4n) is 7.67. The third-order valence-electron chi connectivity index (χ3n) is 10.5. The van der Waals surface area contributed by atoms with E-state index in [2.05, 4.69) is 56.8 Å². The molecular formula is C42H60Cl4N6O4S2. The zero-order valence-electron chi connectivity index (χ0n) is 33.3. The minimum absolute atomic E-state index is 0. The second kappa shape index (κ2) is 26.6. The van der Waals surface area contributed by atoms with Gasteiger partial charge in [-0.05, 0) is 57.6 Å². The summed E-state index contributed by atoms with van der Waals surface area (Å²) in [6.45, 7) is 6.90. The zero-order valence-corrected chi connectivity index (χ0v) is 38.2. The number of nitrogens with one attached hydrogen (secondary N) is 2. The Morgan fingerprint density at radius 3 is 1.47 bits per heavy atom. The van der Waals surface area contributed by atoms with Crippen LogP contribution in [-0.4, -0.2) is 137 Å². The van der Waals surface area contributed by atoms with Gasteiger partial charge in [-0.25, -0.2) is 0 Å². The first-order valence-corrected chi connectivity index (χ1v) is 21.6. The van der Waals surface area contributed by atoms with E-state index in [1.165, 1.54) is 0 Å². The number of hydrogen-bond donors (Lipinski definition) is 4. The minimum atomic E-state index is -0.280. The second-order valence-electron chi connectivity index (χ2n) is 14.5. The maximum absolute atomic E-state index is 14.2. The molecule has 4 aromatic carbocycles. The van der Waals surface area contributed by atoms with Crippen LogP contribution in [0.4, 0.5) is 0 Å². The predicted molar refractivity (Wildman–Crippen MR) is 254 cm³/mol. The molecule has 0 radical (unpaired) electrons. The number of ether oxygens (including phenoxy) is 2. The molecule has 0 aliphatic carbocycles. The Balaban J connectivity index is 0.00000290. The molecule has 0 saturated carbocycles. The average molecular weight is 919 g/mol. The number of Topliss-reactive ketones (excluding diaryl/α,β-unsaturated/α-hetero) is 2. The summed E-state index contributed by atoms with van der Waals surface area (Å²) in [5.74, 6) is 1.77. The average Bonchev–Trinajstić information content (AvgIpc) is 3.20. The number of benzene rings is 4. The van der Waals surface area contributed by atoms with Gasteiger partial charge in [0.2, 0.25) is 0 Å². The molecule has 2 aliphatic rings. The molecule has 2 saturated heterocycles. The molecule has 2 heterocycles. The summed E-state index contributed by atoms with van der Waals surface area (Å²) >= 11 is 0. The number of ketones is 2. The van der Waals surface area contributed by atoms with Crippen molar-refractivity contribution in [3.8, 4) is 0 Å². The molecule has 16 heteroatoms. The second-order valence-corrected chi connectivity index (χ2v) is 17.0. The molecule has 2 unspecified atom stereocenters. The number of nitrogens with two attached hydrogens (primary N) is 2. The van der Waals surface area contributed by atoms with Gasteiger partial charge >= 0.3 is 0 Å².